The Balaban J connectivity index is 2.08. The molecule has 2 heterocycles. The fourth-order valence-electron chi connectivity index (χ4n) is 1.58. The van der Waals surface area contributed by atoms with E-state index in [1.54, 1.807) is 6.92 Å². The number of H-pyrrole nitrogens is 1. The number of carbonyl (C=O) groups excluding carboxylic acids is 1. The van der Waals surface area contributed by atoms with E-state index in [-0.39, 0.29) is 23.0 Å². The molecule has 2 aromatic heterocycles. The average molecular weight is 319 g/mol. The minimum absolute atomic E-state index is 0.00528. The van der Waals surface area contributed by atoms with Crippen LogP contribution in [-0.2, 0) is 17.4 Å². The fourth-order valence-corrected chi connectivity index (χ4v) is 1.71. The lowest BCUT2D eigenvalue weighted by molar-refractivity contribution is -0.141. The van der Waals surface area contributed by atoms with Crippen LogP contribution in [0.25, 0.3) is 0 Å². The van der Waals surface area contributed by atoms with Gasteiger partial charge in [0, 0.05) is 0 Å². The van der Waals surface area contributed by atoms with Crippen molar-refractivity contribution in [2.45, 2.75) is 19.5 Å². The molecule has 0 fully saturated rings. The van der Waals surface area contributed by atoms with Gasteiger partial charge in [-0.3, -0.25) is 9.89 Å². The minimum atomic E-state index is -4.55. The van der Waals surface area contributed by atoms with Crippen LogP contribution in [0.2, 0.25) is 5.02 Å². The Hall–Kier alpha value is -2.09. The van der Waals surface area contributed by atoms with Gasteiger partial charge in [0.1, 0.15) is 10.7 Å². The van der Waals surface area contributed by atoms with E-state index in [1.807, 2.05) is 0 Å². The molecule has 21 heavy (non-hydrogen) atoms. The van der Waals surface area contributed by atoms with Crippen LogP contribution in [0.4, 0.5) is 19.0 Å². The Morgan fingerprint density at radius 1 is 1.43 bits per heavy atom. The van der Waals surface area contributed by atoms with Crippen LogP contribution < -0.4 is 5.32 Å². The number of hydrogen-bond acceptors (Lipinski definition) is 3. The van der Waals surface area contributed by atoms with E-state index < -0.39 is 17.8 Å². The van der Waals surface area contributed by atoms with Crippen LogP contribution in [0.3, 0.4) is 0 Å². The van der Waals surface area contributed by atoms with E-state index >= 15 is 0 Å². The zero-order valence-electron chi connectivity index (χ0n) is 10.8. The Kier molecular flexibility index (Phi) is 4.17. The number of halogens is 4. The topological polar surface area (TPSA) is 70.7 Å². The second kappa shape index (κ2) is 5.72. The highest BCUT2D eigenvalue weighted by molar-refractivity contribution is 6.34. The molecular weight excluding hydrogens is 309 g/mol. The predicted molar refractivity (Wildman–Crippen MR) is 69.9 cm³/mol. The number of pyridine rings is 1. The molecule has 0 saturated carbocycles. The van der Waals surface area contributed by atoms with Gasteiger partial charge in [0.2, 0.25) is 5.91 Å². The molecule has 0 spiro atoms. The molecule has 0 unspecified atom stereocenters. The van der Waals surface area contributed by atoms with Gasteiger partial charge in [0.15, 0.2) is 5.82 Å². The lowest BCUT2D eigenvalue weighted by Gasteiger charge is -2.07. The van der Waals surface area contributed by atoms with Crippen molar-refractivity contribution in [1.29, 1.82) is 0 Å². The van der Waals surface area contributed by atoms with Gasteiger partial charge in [-0.05, 0) is 19.1 Å². The van der Waals surface area contributed by atoms with Crippen molar-refractivity contribution in [3.63, 3.8) is 0 Å². The number of carbonyl (C=O) groups is 1. The summed E-state index contributed by atoms with van der Waals surface area (Å²) < 4.78 is 37.5. The molecule has 5 nitrogen and oxygen atoms in total. The molecule has 9 heteroatoms. The molecular formula is C12H10ClF3N4O. The minimum Gasteiger partial charge on any atom is -0.308 e. The third kappa shape index (κ3) is 3.72. The first-order valence-electron chi connectivity index (χ1n) is 5.81. The summed E-state index contributed by atoms with van der Waals surface area (Å²) in [5.41, 5.74) is -0.462. The highest BCUT2D eigenvalue weighted by Gasteiger charge is 2.32. The van der Waals surface area contributed by atoms with Crippen molar-refractivity contribution in [2.75, 3.05) is 5.32 Å². The normalized spacial score (nSPS) is 11.5. The van der Waals surface area contributed by atoms with Gasteiger partial charge in [-0.1, -0.05) is 17.7 Å². The van der Waals surface area contributed by atoms with Crippen molar-refractivity contribution in [2.24, 2.45) is 0 Å². The number of rotatable bonds is 3. The molecule has 0 aliphatic heterocycles. The fraction of sp³-hybridized carbons (Fsp3) is 0.250. The highest BCUT2D eigenvalue weighted by atomic mass is 35.5. The summed E-state index contributed by atoms with van der Waals surface area (Å²) in [4.78, 5) is 15.2. The maximum Gasteiger partial charge on any atom is 0.433 e. The first kappa shape index (κ1) is 15.3. The van der Waals surface area contributed by atoms with Crippen LogP contribution >= 0.6 is 11.6 Å². The number of aromatic amines is 1. The van der Waals surface area contributed by atoms with Crippen molar-refractivity contribution >= 4 is 23.3 Å². The number of anilines is 1. The molecule has 0 saturated heterocycles. The monoisotopic (exact) mass is 318 g/mol. The van der Waals surface area contributed by atoms with E-state index in [9.17, 15) is 18.0 Å². The standard InChI is InChI=1S/C12H10ClF3N4O/c1-6-10(13)11(20-19-6)18-9(21)5-7-3-2-4-8(17-7)12(14,15)16/h2-4H,5H2,1H3,(H2,18,19,20,21). The van der Waals surface area contributed by atoms with Crippen molar-refractivity contribution < 1.29 is 18.0 Å². The van der Waals surface area contributed by atoms with Gasteiger partial charge in [-0.15, -0.1) is 0 Å². The van der Waals surface area contributed by atoms with Crippen LogP contribution in [0.15, 0.2) is 18.2 Å². The van der Waals surface area contributed by atoms with Gasteiger partial charge in [-0.2, -0.15) is 18.3 Å². The number of nitrogens with zero attached hydrogens (tertiary/aromatic N) is 2. The van der Waals surface area contributed by atoms with Crippen molar-refractivity contribution in [3.05, 3.63) is 40.3 Å². The molecule has 0 aromatic carbocycles. The number of aromatic nitrogens is 3. The Labute approximate surface area is 122 Å². The molecule has 112 valence electrons. The van der Waals surface area contributed by atoms with E-state index in [4.69, 9.17) is 11.6 Å². The SMILES string of the molecule is Cc1[nH]nc(NC(=O)Cc2cccc(C(F)(F)F)n2)c1Cl. The summed E-state index contributed by atoms with van der Waals surface area (Å²) >= 11 is 5.87. The zero-order valence-corrected chi connectivity index (χ0v) is 11.5. The summed E-state index contributed by atoms with van der Waals surface area (Å²) in [6.45, 7) is 1.67. The molecule has 1 amide bonds. The van der Waals surface area contributed by atoms with Gasteiger partial charge >= 0.3 is 6.18 Å². The van der Waals surface area contributed by atoms with Crippen LogP contribution in [0.5, 0.6) is 0 Å². The highest BCUT2D eigenvalue weighted by Crippen LogP contribution is 2.27. The summed E-state index contributed by atoms with van der Waals surface area (Å²) in [5.74, 6) is -0.429. The third-order valence-corrected chi connectivity index (χ3v) is 3.03. The van der Waals surface area contributed by atoms with Crippen molar-refractivity contribution in [1.82, 2.24) is 15.2 Å². The number of nitrogens with one attached hydrogen (secondary N) is 2. The smallest absolute Gasteiger partial charge is 0.308 e. The molecule has 0 aliphatic rings. The number of alkyl halides is 3. The lowest BCUT2D eigenvalue weighted by Crippen LogP contribution is -2.17. The molecule has 2 aromatic rings. The molecule has 2 N–H and O–H groups in total. The lowest BCUT2D eigenvalue weighted by atomic mass is 10.2. The van der Waals surface area contributed by atoms with Crippen molar-refractivity contribution in [3.8, 4) is 0 Å². The first-order chi connectivity index (χ1) is 9.77. The maximum absolute atomic E-state index is 12.5. The number of hydrogen-bond donors (Lipinski definition) is 2. The van der Waals surface area contributed by atoms with Crippen LogP contribution in [0, 0.1) is 6.92 Å². The quantitative estimate of drug-likeness (QED) is 0.914. The first-order valence-corrected chi connectivity index (χ1v) is 6.18. The zero-order chi connectivity index (χ0) is 15.6. The maximum atomic E-state index is 12.5. The summed E-state index contributed by atoms with van der Waals surface area (Å²) in [5, 5.41) is 8.99. The van der Waals surface area contributed by atoms with Gasteiger partial charge < -0.3 is 5.32 Å². The van der Waals surface area contributed by atoms with E-state index in [1.165, 1.54) is 12.1 Å². The summed E-state index contributed by atoms with van der Waals surface area (Å²) in [7, 11) is 0. The summed E-state index contributed by atoms with van der Waals surface area (Å²) in [6.07, 6.45) is -4.86. The largest absolute Gasteiger partial charge is 0.433 e. The van der Waals surface area contributed by atoms with Gasteiger partial charge in [-0.25, -0.2) is 4.98 Å². The van der Waals surface area contributed by atoms with Crippen LogP contribution in [-0.4, -0.2) is 21.1 Å². The molecule has 0 radical (unpaired) electrons. The summed E-state index contributed by atoms with van der Waals surface area (Å²) in [6, 6.07) is 3.38. The second-order valence-corrected chi connectivity index (χ2v) is 4.63. The van der Waals surface area contributed by atoms with E-state index in [0.717, 1.165) is 6.07 Å². The Bertz CT molecular complexity index is 669. The van der Waals surface area contributed by atoms with E-state index in [2.05, 4.69) is 20.5 Å². The average Bonchev–Trinajstić information content (AvgIpc) is 2.70. The Morgan fingerprint density at radius 3 is 2.71 bits per heavy atom. The van der Waals surface area contributed by atoms with Gasteiger partial charge in [0.05, 0.1) is 17.8 Å². The molecule has 0 bridgehead atoms. The Morgan fingerprint density at radius 2 is 2.14 bits per heavy atom. The van der Waals surface area contributed by atoms with Gasteiger partial charge in [0.25, 0.3) is 0 Å². The second-order valence-electron chi connectivity index (χ2n) is 4.25. The predicted octanol–water partition coefficient (Wildman–Crippen LogP) is 2.97. The number of amides is 1. The third-order valence-electron chi connectivity index (χ3n) is 2.57. The van der Waals surface area contributed by atoms with E-state index in [0.29, 0.717) is 5.69 Å². The number of aryl methyl sites for hydroxylation is 1. The van der Waals surface area contributed by atoms with Crippen LogP contribution in [0.1, 0.15) is 17.1 Å². The molecule has 2 rings (SSSR count). The molecule has 0 atom stereocenters. The molecule has 0 aliphatic carbocycles.